The van der Waals surface area contributed by atoms with Crippen LogP contribution >= 0.6 is 0 Å². The summed E-state index contributed by atoms with van der Waals surface area (Å²) in [6.07, 6.45) is 6.33. The van der Waals surface area contributed by atoms with Crippen LogP contribution in [0.15, 0.2) is 134 Å². The first-order valence-electron chi connectivity index (χ1n) is 15.8. The number of benzene rings is 5. The summed E-state index contributed by atoms with van der Waals surface area (Å²) >= 11 is 0. The van der Waals surface area contributed by atoms with Gasteiger partial charge in [0.15, 0.2) is 17.5 Å². The molecule has 1 aliphatic carbocycles. The lowest BCUT2D eigenvalue weighted by atomic mass is 9.65. The van der Waals surface area contributed by atoms with Gasteiger partial charge in [-0.3, -0.25) is 0 Å². The first-order valence-corrected chi connectivity index (χ1v) is 15.8. The summed E-state index contributed by atoms with van der Waals surface area (Å²) in [5, 5.41) is 1.16. The summed E-state index contributed by atoms with van der Waals surface area (Å²) in [5.74, 6) is 1.74. The zero-order chi connectivity index (χ0) is 29.5. The molecule has 0 N–H and O–H groups in total. The maximum absolute atomic E-state index is 6.94. The second-order valence-corrected chi connectivity index (χ2v) is 12.9. The van der Waals surface area contributed by atoms with Gasteiger partial charge in [0.25, 0.3) is 11.4 Å². The Morgan fingerprint density at radius 2 is 1.35 bits per heavy atom. The van der Waals surface area contributed by atoms with Crippen LogP contribution < -0.4 is 18.8 Å². The van der Waals surface area contributed by atoms with Crippen LogP contribution in [0.5, 0.6) is 11.5 Å². The predicted octanol–water partition coefficient (Wildman–Crippen LogP) is 7.40. The van der Waals surface area contributed by atoms with E-state index in [1.807, 2.05) is 6.20 Å². The van der Waals surface area contributed by atoms with Gasteiger partial charge in [-0.2, -0.15) is 4.57 Å². The molecule has 210 valence electrons. The summed E-state index contributed by atoms with van der Waals surface area (Å²) in [4.78, 5) is 5.12. The van der Waals surface area contributed by atoms with Crippen molar-refractivity contribution in [2.75, 3.05) is 0 Å². The molecule has 5 aromatic carbocycles. The minimum absolute atomic E-state index is 0.338. The maximum Gasteiger partial charge on any atom is 0.371 e. The first kappa shape index (κ1) is 22.4. The highest BCUT2D eigenvalue weighted by Gasteiger charge is 2.71. The Kier molecular flexibility index (Phi) is 3.37. The zero-order valence-electron chi connectivity index (χ0n) is 24.3. The average molecular weight is 589 g/mol. The van der Waals surface area contributed by atoms with Gasteiger partial charge in [-0.25, -0.2) is 4.98 Å². The molecule has 0 amide bonds. The van der Waals surface area contributed by atoms with Gasteiger partial charge in [-0.1, -0.05) is 66.7 Å². The van der Waals surface area contributed by atoms with Crippen molar-refractivity contribution in [2.24, 2.45) is 0 Å². The molecule has 8 aromatic rings. The lowest BCUT2D eigenvalue weighted by Gasteiger charge is -2.40. The van der Waals surface area contributed by atoms with Crippen LogP contribution in [0, 0.1) is 0 Å². The van der Waals surface area contributed by atoms with Crippen LogP contribution in [-0.2, 0) is 5.41 Å². The molecule has 6 nitrogen and oxygen atoms in total. The van der Waals surface area contributed by atoms with Gasteiger partial charge in [-0.05, 0) is 58.7 Å². The van der Waals surface area contributed by atoms with Crippen LogP contribution in [0.2, 0.25) is 0 Å². The normalized spacial score (nSPS) is 18.4. The van der Waals surface area contributed by atoms with Gasteiger partial charge in [0, 0.05) is 32.6 Å². The van der Waals surface area contributed by atoms with Gasteiger partial charge in [0.1, 0.15) is 15.8 Å². The topological polar surface area (TPSA) is 34.8 Å². The smallest absolute Gasteiger partial charge is 0.371 e. The van der Waals surface area contributed by atoms with Crippen LogP contribution in [0.4, 0.5) is 11.4 Å². The Labute approximate surface area is 262 Å². The van der Waals surface area contributed by atoms with Crippen LogP contribution in [0.1, 0.15) is 22.3 Å². The lowest BCUT2D eigenvalue weighted by Crippen LogP contribution is -2.84. The Morgan fingerprint density at radius 1 is 0.609 bits per heavy atom. The summed E-state index contributed by atoms with van der Waals surface area (Å²) < 4.78 is 14.6. The number of quaternary nitrogens is 1. The number of hydrogen-bond acceptors (Lipinski definition) is 2. The van der Waals surface area contributed by atoms with Crippen LogP contribution in [-0.4, -0.2) is 9.55 Å². The Hall–Kier alpha value is -6.11. The summed E-state index contributed by atoms with van der Waals surface area (Å²) in [6.45, 7) is 0. The molecule has 46 heavy (non-hydrogen) atoms. The zero-order valence-corrected chi connectivity index (χ0v) is 24.3. The van der Waals surface area contributed by atoms with Crippen molar-refractivity contribution in [3.05, 3.63) is 156 Å². The number of para-hydroxylation sites is 2. The van der Waals surface area contributed by atoms with E-state index in [-0.39, 0.29) is 0 Å². The predicted molar refractivity (Wildman–Crippen MR) is 174 cm³/mol. The minimum Gasteiger partial charge on any atom is -0.444 e. The number of pyridine rings is 1. The maximum atomic E-state index is 6.94. The standard InChI is InChI=1S/C40H22N5O/c1-3-13-27-23(9-1)24-10-2-4-14-28(24)40(27)29-15-7-12-26-34-39-43(22-20-41-34)45-37-25(31-16-5-6-21-42(31)45)11-8-17-32(37)46-33-19-18-30(40)36(38(33)45)44(39)35(26)29/h1-22H/q+3. The number of nitrogens with zero attached hydrogens (tertiary/aromatic N) is 5. The van der Waals surface area contributed by atoms with Crippen LogP contribution in [0.25, 0.3) is 50.1 Å². The molecule has 5 aliphatic rings. The van der Waals surface area contributed by atoms with Crippen molar-refractivity contribution in [3.8, 4) is 39.6 Å². The molecule has 1 atom stereocenters. The SMILES string of the molecule is c1ccc2c(c1)-c1ccccc1C21c2ccc3c4c2-n2c5c1cccc5c1ncc[n+](c12)[N+]41c2c(cccc2-c2cccc[n+]21)O3. The van der Waals surface area contributed by atoms with Gasteiger partial charge in [-0.15, -0.1) is 0 Å². The molecule has 13 rings (SSSR count). The molecule has 0 radical (unpaired) electrons. The van der Waals surface area contributed by atoms with E-state index < -0.39 is 5.41 Å². The fourth-order valence-corrected chi connectivity index (χ4v) is 9.87. The van der Waals surface area contributed by atoms with Crippen molar-refractivity contribution < 1.29 is 14.1 Å². The Balaban J connectivity index is 1.37. The number of rotatable bonds is 0. The van der Waals surface area contributed by atoms with E-state index in [4.69, 9.17) is 9.72 Å². The minimum atomic E-state index is -0.517. The molecule has 6 heteroatoms. The third-order valence-electron chi connectivity index (χ3n) is 11.2. The van der Waals surface area contributed by atoms with E-state index in [2.05, 4.69) is 142 Å². The van der Waals surface area contributed by atoms with Gasteiger partial charge in [0.2, 0.25) is 17.6 Å². The second-order valence-electron chi connectivity index (χ2n) is 12.9. The molecule has 7 heterocycles. The van der Waals surface area contributed by atoms with Crippen molar-refractivity contribution in [1.82, 2.24) is 14.3 Å². The molecule has 0 fully saturated rings. The highest BCUT2D eigenvalue weighted by atomic mass is 16.5. The highest BCUT2D eigenvalue weighted by molar-refractivity contribution is 6.11. The number of ether oxygens (including phenoxy) is 1. The molecule has 0 saturated carbocycles. The number of aromatic nitrogens is 4. The van der Waals surface area contributed by atoms with E-state index >= 15 is 0 Å². The molecular formula is C40H22N5O+3. The van der Waals surface area contributed by atoms with Crippen molar-refractivity contribution in [2.45, 2.75) is 5.41 Å². The molecule has 4 aliphatic heterocycles. The Bertz CT molecular complexity index is 2740. The fourth-order valence-electron chi connectivity index (χ4n) is 9.87. The molecule has 0 bridgehead atoms. The number of hydrogen-bond donors (Lipinski definition) is 0. The summed E-state index contributed by atoms with van der Waals surface area (Å²) in [5.41, 5.74) is 16.3. The number of fused-ring (bicyclic) bond motifs is 10. The third kappa shape index (κ3) is 1.97. The van der Waals surface area contributed by atoms with E-state index in [0.717, 1.165) is 45.1 Å². The fraction of sp³-hybridized carbons (Fsp3) is 0.0250. The monoisotopic (exact) mass is 588 g/mol. The van der Waals surface area contributed by atoms with Gasteiger partial charge < -0.3 is 4.74 Å². The average Bonchev–Trinajstić information content (AvgIpc) is 3.72. The van der Waals surface area contributed by atoms with Crippen molar-refractivity contribution >= 4 is 33.4 Å². The largest absolute Gasteiger partial charge is 0.444 e. The van der Waals surface area contributed by atoms with E-state index in [1.54, 1.807) is 0 Å². The van der Waals surface area contributed by atoms with Crippen molar-refractivity contribution in [3.63, 3.8) is 0 Å². The quantitative estimate of drug-likeness (QED) is 0.137. The Morgan fingerprint density at radius 3 is 2.22 bits per heavy atom. The third-order valence-corrected chi connectivity index (χ3v) is 11.2. The lowest BCUT2D eigenvalue weighted by molar-refractivity contribution is -1.02. The van der Waals surface area contributed by atoms with Gasteiger partial charge >= 0.3 is 11.3 Å². The highest BCUT2D eigenvalue weighted by Crippen LogP contribution is 2.66. The van der Waals surface area contributed by atoms with Gasteiger partial charge in [0.05, 0.1) is 17.0 Å². The summed E-state index contributed by atoms with van der Waals surface area (Å²) in [7, 11) is 0. The first-order chi connectivity index (χ1) is 22.8. The van der Waals surface area contributed by atoms with E-state index in [9.17, 15) is 0 Å². The summed E-state index contributed by atoms with van der Waals surface area (Å²) in [6, 6.07) is 42.3. The van der Waals surface area contributed by atoms with E-state index in [0.29, 0.717) is 4.70 Å². The molecule has 2 spiro atoms. The molecule has 0 saturated heterocycles. The molecule has 1 unspecified atom stereocenters. The van der Waals surface area contributed by atoms with Crippen molar-refractivity contribution in [1.29, 1.82) is 0 Å². The van der Waals surface area contributed by atoms with Crippen LogP contribution in [0.3, 0.4) is 0 Å². The molecular weight excluding hydrogens is 566 g/mol. The molecule has 3 aromatic heterocycles. The van der Waals surface area contributed by atoms with E-state index in [1.165, 1.54) is 50.1 Å². The second kappa shape index (κ2) is 6.91.